The molecule has 0 saturated carbocycles. The van der Waals surface area contributed by atoms with E-state index in [2.05, 4.69) is 21.3 Å². The van der Waals surface area contributed by atoms with Gasteiger partial charge in [-0.2, -0.15) is 0 Å². The molecule has 0 N–H and O–H groups in total. The monoisotopic (exact) mass is 185 g/mol. The fraction of sp³-hybridized carbons (Fsp3) is 0.273. The molecule has 2 aromatic rings. The number of benzene rings is 1. The van der Waals surface area contributed by atoms with Crippen LogP contribution in [0.2, 0.25) is 0 Å². The van der Waals surface area contributed by atoms with Gasteiger partial charge in [-0.3, -0.25) is 0 Å². The standard InChI is InChI=1S/C11H11N3/c1-3-6-14-8-13-10-7-9(12-2)4-5-11(10)14/h4-5,7-8H,3,6H2,1H3. The largest absolute Gasteiger partial charge is 0.331 e. The van der Waals surface area contributed by atoms with Crippen LogP contribution in [0.4, 0.5) is 5.69 Å². The Morgan fingerprint density at radius 2 is 2.36 bits per heavy atom. The SMILES string of the molecule is [C-]#[N+]c1ccc2c(c1)ncn2CCC. The number of hydrogen-bond acceptors (Lipinski definition) is 1. The van der Waals surface area contributed by atoms with E-state index < -0.39 is 0 Å². The fourth-order valence-corrected chi connectivity index (χ4v) is 1.54. The second-order valence-electron chi connectivity index (χ2n) is 3.22. The van der Waals surface area contributed by atoms with Crippen molar-refractivity contribution < 1.29 is 0 Å². The van der Waals surface area contributed by atoms with E-state index in [4.69, 9.17) is 6.57 Å². The summed E-state index contributed by atoms with van der Waals surface area (Å²) in [4.78, 5) is 7.64. The van der Waals surface area contributed by atoms with Gasteiger partial charge in [0, 0.05) is 6.54 Å². The van der Waals surface area contributed by atoms with Crippen LogP contribution in [0.15, 0.2) is 24.5 Å². The number of nitrogens with zero attached hydrogens (tertiary/aromatic N) is 3. The minimum Gasteiger partial charge on any atom is -0.331 e. The highest BCUT2D eigenvalue weighted by Gasteiger charge is 2.01. The molecule has 1 aromatic heterocycles. The molecule has 0 unspecified atom stereocenters. The maximum Gasteiger partial charge on any atom is 0.189 e. The third-order valence-corrected chi connectivity index (χ3v) is 2.20. The molecule has 0 aliphatic carbocycles. The number of imidazole rings is 1. The minimum absolute atomic E-state index is 0.652. The molecule has 70 valence electrons. The van der Waals surface area contributed by atoms with Crippen LogP contribution in [0.3, 0.4) is 0 Å². The van der Waals surface area contributed by atoms with Gasteiger partial charge in [-0.1, -0.05) is 13.0 Å². The van der Waals surface area contributed by atoms with Crippen molar-refractivity contribution >= 4 is 16.7 Å². The van der Waals surface area contributed by atoms with Crippen LogP contribution in [0, 0.1) is 6.57 Å². The Morgan fingerprint density at radius 3 is 3.07 bits per heavy atom. The predicted molar refractivity (Wildman–Crippen MR) is 56.3 cm³/mol. The van der Waals surface area contributed by atoms with Crippen LogP contribution < -0.4 is 0 Å². The van der Waals surface area contributed by atoms with Gasteiger partial charge < -0.3 is 4.57 Å². The van der Waals surface area contributed by atoms with Crippen molar-refractivity contribution in [3.63, 3.8) is 0 Å². The summed E-state index contributed by atoms with van der Waals surface area (Å²) in [6.45, 7) is 10.0. The number of aryl methyl sites for hydroxylation is 1. The molecule has 0 bridgehead atoms. The van der Waals surface area contributed by atoms with Gasteiger partial charge in [0.05, 0.1) is 23.9 Å². The summed E-state index contributed by atoms with van der Waals surface area (Å²) in [6, 6.07) is 5.63. The molecular formula is C11H11N3. The molecule has 14 heavy (non-hydrogen) atoms. The third-order valence-electron chi connectivity index (χ3n) is 2.20. The van der Waals surface area contributed by atoms with Crippen LogP contribution in [0.1, 0.15) is 13.3 Å². The molecule has 0 aliphatic rings. The summed E-state index contributed by atoms with van der Waals surface area (Å²) >= 11 is 0. The highest BCUT2D eigenvalue weighted by Crippen LogP contribution is 2.20. The predicted octanol–water partition coefficient (Wildman–Crippen LogP) is 3.00. The van der Waals surface area contributed by atoms with Gasteiger partial charge in [-0.25, -0.2) is 9.83 Å². The second kappa shape index (κ2) is 3.51. The molecule has 0 saturated heterocycles. The van der Waals surface area contributed by atoms with E-state index in [1.54, 1.807) is 0 Å². The summed E-state index contributed by atoms with van der Waals surface area (Å²) in [5.41, 5.74) is 2.67. The van der Waals surface area contributed by atoms with Gasteiger partial charge >= 0.3 is 0 Å². The number of aromatic nitrogens is 2. The summed E-state index contributed by atoms with van der Waals surface area (Å²) in [7, 11) is 0. The van der Waals surface area contributed by atoms with Crippen molar-refractivity contribution in [1.82, 2.24) is 9.55 Å². The lowest BCUT2D eigenvalue weighted by Gasteiger charge is -2.00. The Morgan fingerprint density at radius 1 is 1.50 bits per heavy atom. The van der Waals surface area contributed by atoms with Crippen molar-refractivity contribution in [2.45, 2.75) is 19.9 Å². The molecule has 0 amide bonds. The molecule has 2 rings (SSSR count). The van der Waals surface area contributed by atoms with Gasteiger partial charge in [-0.15, -0.1) is 0 Å². The quantitative estimate of drug-likeness (QED) is 0.659. The van der Waals surface area contributed by atoms with E-state index in [1.165, 1.54) is 0 Å². The maximum absolute atomic E-state index is 6.90. The molecule has 1 heterocycles. The van der Waals surface area contributed by atoms with E-state index in [1.807, 2.05) is 24.5 Å². The highest BCUT2D eigenvalue weighted by atomic mass is 15.0. The number of fused-ring (bicyclic) bond motifs is 1. The Balaban J connectivity index is 2.55. The molecule has 0 radical (unpaired) electrons. The van der Waals surface area contributed by atoms with Crippen molar-refractivity contribution in [1.29, 1.82) is 0 Å². The van der Waals surface area contributed by atoms with E-state index >= 15 is 0 Å². The lowest BCUT2D eigenvalue weighted by molar-refractivity contribution is 0.697. The van der Waals surface area contributed by atoms with Gasteiger partial charge in [0.2, 0.25) is 0 Å². The molecule has 0 fully saturated rings. The topological polar surface area (TPSA) is 22.2 Å². The van der Waals surface area contributed by atoms with Crippen LogP contribution in [0.5, 0.6) is 0 Å². The van der Waals surface area contributed by atoms with Crippen molar-refractivity contribution in [2.24, 2.45) is 0 Å². The molecule has 3 nitrogen and oxygen atoms in total. The molecule has 0 aliphatic heterocycles. The molecule has 1 aromatic carbocycles. The summed E-state index contributed by atoms with van der Waals surface area (Å²) in [6.07, 6.45) is 2.93. The molecule has 0 atom stereocenters. The first-order chi connectivity index (χ1) is 6.85. The summed E-state index contributed by atoms with van der Waals surface area (Å²) in [5.74, 6) is 0. The zero-order valence-electron chi connectivity index (χ0n) is 8.07. The minimum atomic E-state index is 0.652. The third kappa shape index (κ3) is 1.35. The second-order valence-corrected chi connectivity index (χ2v) is 3.22. The zero-order chi connectivity index (χ0) is 9.97. The van der Waals surface area contributed by atoms with Gasteiger partial charge in [0.15, 0.2) is 5.69 Å². The first-order valence-electron chi connectivity index (χ1n) is 4.67. The first-order valence-corrected chi connectivity index (χ1v) is 4.67. The van der Waals surface area contributed by atoms with Gasteiger partial charge in [0.25, 0.3) is 0 Å². The average molecular weight is 185 g/mol. The zero-order valence-corrected chi connectivity index (χ0v) is 8.07. The van der Waals surface area contributed by atoms with Crippen LogP contribution >= 0.6 is 0 Å². The van der Waals surface area contributed by atoms with Gasteiger partial charge in [-0.05, 0) is 18.6 Å². The number of rotatable bonds is 2. The summed E-state index contributed by atoms with van der Waals surface area (Å²) < 4.78 is 2.11. The molecule has 0 spiro atoms. The maximum atomic E-state index is 6.90. The van der Waals surface area contributed by atoms with Crippen LogP contribution in [0.25, 0.3) is 15.9 Å². The molecule has 3 heteroatoms. The van der Waals surface area contributed by atoms with Crippen molar-refractivity contribution in [3.8, 4) is 0 Å². The van der Waals surface area contributed by atoms with Crippen molar-refractivity contribution in [2.75, 3.05) is 0 Å². The highest BCUT2D eigenvalue weighted by molar-refractivity contribution is 5.79. The average Bonchev–Trinajstić information content (AvgIpc) is 2.61. The Hall–Kier alpha value is -1.82. The van der Waals surface area contributed by atoms with Gasteiger partial charge in [0.1, 0.15) is 0 Å². The Bertz CT molecular complexity index is 491. The lowest BCUT2D eigenvalue weighted by atomic mass is 10.3. The fourth-order valence-electron chi connectivity index (χ4n) is 1.54. The van der Waals surface area contributed by atoms with Crippen molar-refractivity contribution in [3.05, 3.63) is 35.9 Å². The van der Waals surface area contributed by atoms with E-state index in [9.17, 15) is 0 Å². The van der Waals surface area contributed by atoms with Crippen LogP contribution in [-0.2, 0) is 6.54 Å². The van der Waals surface area contributed by atoms with Crippen LogP contribution in [-0.4, -0.2) is 9.55 Å². The summed E-state index contributed by atoms with van der Waals surface area (Å²) in [5, 5.41) is 0. The van der Waals surface area contributed by atoms with E-state index in [0.29, 0.717) is 5.69 Å². The van der Waals surface area contributed by atoms with E-state index in [0.717, 1.165) is 24.0 Å². The lowest BCUT2D eigenvalue weighted by Crippen LogP contribution is -1.93. The smallest absolute Gasteiger partial charge is 0.189 e. The Kier molecular flexibility index (Phi) is 2.19. The Labute approximate surface area is 82.8 Å². The molecular weight excluding hydrogens is 174 g/mol. The van der Waals surface area contributed by atoms with E-state index in [-0.39, 0.29) is 0 Å². The number of hydrogen-bond donors (Lipinski definition) is 0. The first kappa shape index (κ1) is 8.76. The normalized spacial score (nSPS) is 10.3.